The quantitative estimate of drug-likeness (QED) is 0.354. The summed E-state index contributed by atoms with van der Waals surface area (Å²) in [5, 5.41) is 6.70. The highest BCUT2D eigenvalue weighted by atomic mass is 127. The molecule has 1 aromatic heterocycles. The molecule has 142 valence electrons. The van der Waals surface area contributed by atoms with Crippen LogP contribution in [0.3, 0.4) is 0 Å². The van der Waals surface area contributed by atoms with Gasteiger partial charge < -0.3 is 15.5 Å². The lowest BCUT2D eigenvalue weighted by Gasteiger charge is -2.24. The molecule has 0 amide bonds. The van der Waals surface area contributed by atoms with E-state index in [1.165, 1.54) is 11.3 Å². The highest BCUT2D eigenvalue weighted by Gasteiger charge is 2.05. The Morgan fingerprint density at radius 3 is 2.62 bits per heavy atom. The Kier molecular flexibility index (Phi) is 10.7. The molecule has 0 aliphatic heterocycles. The van der Waals surface area contributed by atoms with Gasteiger partial charge in [-0.2, -0.15) is 0 Å². The van der Waals surface area contributed by atoms with Gasteiger partial charge in [0.2, 0.25) is 0 Å². The highest BCUT2D eigenvalue weighted by Crippen LogP contribution is 2.14. The molecule has 0 aliphatic carbocycles. The van der Waals surface area contributed by atoms with Crippen molar-refractivity contribution in [2.24, 2.45) is 4.99 Å². The summed E-state index contributed by atoms with van der Waals surface area (Å²) in [6, 6.07) is 14.5. The van der Waals surface area contributed by atoms with Gasteiger partial charge in [0.25, 0.3) is 0 Å². The number of anilines is 1. The summed E-state index contributed by atoms with van der Waals surface area (Å²) in [7, 11) is 0. The zero-order valence-electron chi connectivity index (χ0n) is 15.9. The highest BCUT2D eigenvalue weighted by molar-refractivity contribution is 14.0. The van der Waals surface area contributed by atoms with E-state index in [4.69, 9.17) is 0 Å². The second-order valence-electron chi connectivity index (χ2n) is 5.86. The molecule has 0 spiro atoms. The van der Waals surface area contributed by atoms with Crippen molar-refractivity contribution in [1.29, 1.82) is 0 Å². The number of likely N-dealkylation sites (N-methyl/N-ethyl adjacent to an activating group) is 1. The Labute approximate surface area is 174 Å². The SMILES string of the molecule is CCNC(=NCc1ccccn1)NCCN(CC)c1cccc(C)c1.I. The average molecular weight is 467 g/mol. The second kappa shape index (κ2) is 12.5. The summed E-state index contributed by atoms with van der Waals surface area (Å²) in [5.41, 5.74) is 3.52. The van der Waals surface area contributed by atoms with Crippen LogP contribution in [-0.2, 0) is 6.54 Å². The Hall–Kier alpha value is -1.83. The van der Waals surface area contributed by atoms with Gasteiger partial charge in [0.05, 0.1) is 12.2 Å². The molecule has 0 fully saturated rings. The molecular formula is C20H30IN5. The molecule has 0 bridgehead atoms. The first kappa shape index (κ1) is 22.2. The lowest BCUT2D eigenvalue weighted by atomic mass is 10.2. The van der Waals surface area contributed by atoms with E-state index in [0.29, 0.717) is 6.54 Å². The van der Waals surface area contributed by atoms with E-state index >= 15 is 0 Å². The van der Waals surface area contributed by atoms with Crippen LogP contribution in [0.2, 0.25) is 0 Å². The third kappa shape index (κ3) is 7.59. The number of nitrogens with one attached hydrogen (secondary N) is 2. The number of aromatic nitrogens is 1. The van der Waals surface area contributed by atoms with Crippen LogP contribution in [-0.4, -0.2) is 37.1 Å². The van der Waals surface area contributed by atoms with Crippen molar-refractivity contribution in [3.63, 3.8) is 0 Å². The minimum atomic E-state index is 0. The minimum absolute atomic E-state index is 0. The van der Waals surface area contributed by atoms with Crippen molar-refractivity contribution in [2.75, 3.05) is 31.1 Å². The van der Waals surface area contributed by atoms with Crippen LogP contribution in [0.4, 0.5) is 5.69 Å². The molecule has 1 heterocycles. The van der Waals surface area contributed by atoms with E-state index in [0.717, 1.165) is 37.8 Å². The number of nitrogens with zero attached hydrogens (tertiary/aromatic N) is 3. The lowest BCUT2D eigenvalue weighted by molar-refractivity contribution is 0.750. The van der Waals surface area contributed by atoms with Gasteiger partial charge in [-0.05, 0) is 50.6 Å². The van der Waals surface area contributed by atoms with Gasteiger partial charge >= 0.3 is 0 Å². The number of aryl methyl sites for hydroxylation is 1. The fourth-order valence-electron chi connectivity index (χ4n) is 2.60. The maximum Gasteiger partial charge on any atom is 0.191 e. The summed E-state index contributed by atoms with van der Waals surface area (Å²) in [6.07, 6.45) is 1.80. The van der Waals surface area contributed by atoms with E-state index < -0.39 is 0 Å². The van der Waals surface area contributed by atoms with Crippen molar-refractivity contribution in [3.8, 4) is 0 Å². The van der Waals surface area contributed by atoms with Crippen LogP contribution in [0.15, 0.2) is 53.7 Å². The van der Waals surface area contributed by atoms with Gasteiger partial charge in [-0.15, -0.1) is 24.0 Å². The van der Waals surface area contributed by atoms with E-state index in [9.17, 15) is 0 Å². The molecular weight excluding hydrogens is 437 g/mol. The first-order valence-electron chi connectivity index (χ1n) is 8.96. The maximum atomic E-state index is 4.61. The Morgan fingerprint density at radius 2 is 1.96 bits per heavy atom. The Balaban J connectivity index is 0.00000338. The Bertz CT molecular complexity index is 660. The molecule has 26 heavy (non-hydrogen) atoms. The number of hydrogen-bond acceptors (Lipinski definition) is 3. The molecule has 2 rings (SSSR count). The molecule has 5 nitrogen and oxygen atoms in total. The average Bonchev–Trinajstić information content (AvgIpc) is 2.64. The Morgan fingerprint density at radius 1 is 1.12 bits per heavy atom. The minimum Gasteiger partial charge on any atom is -0.370 e. The number of pyridine rings is 1. The molecule has 0 saturated carbocycles. The molecule has 0 saturated heterocycles. The van der Waals surface area contributed by atoms with Crippen molar-refractivity contribution < 1.29 is 0 Å². The van der Waals surface area contributed by atoms with Gasteiger partial charge in [-0.1, -0.05) is 18.2 Å². The molecule has 1 aromatic carbocycles. The summed E-state index contributed by atoms with van der Waals surface area (Å²) in [6.45, 7) is 10.5. The summed E-state index contributed by atoms with van der Waals surface area (Å²) < 4.78 is 0. The number of benzene rings is 1. The number of aliphatic imine (C=N–C) groups is 1. The predicted molar refractivity (Wildman–Crippen MR) is 122 cm³/mol. The third-order valence-corrected chi connectivity index (χ3v) is 3.89. The topological polar surface area (TPSA) is 52.6 Å². The predicted octanol–water partition coefficient (Wildman–Crippen LogP) is 3.59. The van der Waals surface area contributed by atoms with Crippen molar-refractivity contribution in [1.82, 2.24) is 15.6 Å². The fraction of sp³-hybridized carbons (Fsp3) is 0.400. The van der Waals surface area contributed by atoms with Crippen LogP contribution < -0.4 is 15.5 Å². The van der Waals surface area contributed by atoms with Crippen LogP contribution in [0, 0.1) is 6.92 Å². The fourth-order valence-corrected chi connectivity index (χ4v) is 2.60. The third-order valence-electron chi connectivity index (χ3n) is 3.89. The van der Waals surface area contributed by atoms with E-state index in [-0.39, 0.29) is 24.0 Å². The van der Waals surface area contributed by atoms with E-state index in [1.807, 2.05) is 18.2 Å². The van der Waals surface area contributed by atoms with Gasteiger partial charge in [0.1, 0.15) is 0 Å². The van der Waals surface area contributed by atoms with Crippen LogP contribution in [0.5, 0.6) is 0 Å². The first-order valence-corrected chi connectivity index (χ1v) is 8.96. The van der Waals surface area contributed by atoms with Crippen LogP contribution >= 0.6 is 24.0 Å². The molecule has 0 atom stereocenters. The van der Waals surface area contributed by atoms with E-state index in [1.54, 1.807) is 6.20 Å². The number of halogens is 1. The second-order valence-corrected chi connectivity index (χ2v) is 5.86. The van der Waals surface area contributed by atoms with Crippen LogP contribution in [0.25, 0.3) is 0 Å². The van der Waals surface area contributed by atoms with Gasteiger partial charge in [0, 0.05) is 38.1 Å². The summed E-state index contributed by atoms with van der Waals surface area (Å²) >= 11 is 0. The molecule has 6 heteroatoms. The number of guanidine groups is 1. The zero-order valence-corrected chi connectivity index (χ0v) is 18.2. The smallest absolute Gasteiger partial charge is 0.191 e. The van der Waals surface area contributed by atoms with Gasteiger partial charge in [-0.3, -0.25) is 4.98 Å². The molecule has 0 radical (unpaired) electrons. The zero-order chi connectivity index (χ0) is 17.9. The molecule has 2 N–H and O–H groups in total. The lowest BCUT2D eigenvalue weighted by Crippen LogP contribution is -2.41. The number of rotatable bonds is 8. The first-order chi connectivity index (χ1) is 12.2. The normalized spacial score (nSPS) is 10.8. The molecule has 0 unspecified atom stereocenters. The maximum absolute atomic E-state index is 4.61. The summed E-state index contributed by atoms with van der Waals surface area (Å²) in [4.78, 5) is 11.3. The van der Waals surface area contributed by atoms with Crippen LogP contribution in [0.1, 0.15) is 25.1 Å². The van der Waals surface area contributed by atoms with Crippen molar-refractivity contribution in [3.05, 3.63) is 59.9 Å². The monoisotopic (exact) mass is 467 g/mol. The largest absolute Gasteiger partial charge is 0.370 e. The van der Waals surface area contributed by atoms with Crippen molar-refractivity contribution in [2.45, 2.75) is 27.3 Å². The summed E-state index contributed by atoms with van der Waals surface area (Å²) in [5.74, 6) is 0.827. The molecule has 2 aromatic rings. The standard InChI is InChI=1S/C20H29N5.HI/c1-4-21-20(24-16-18-10-6-7-12-22-18)23-13-14-25(5-2)19-11-8-9-17(3)15-19;/h6-12,15H,4-5,13-14,16H2,1-3H3,(H2,21,23,24);1H. The van der Waals surface area contributed by atoms with Gasteiger partial charge in [0.15, 0.2) is 5.96 Å². The number of hydrogen-bond donors (Lipinski definition) is 2. The molecule has 0 aliphatic rings. The van der Waals surface area contributed by atoms with Crippen molar-refractivity contribution >= 4 is 35.6 Å². The van der Waals surface area contributed by atoms with E-state index in [2.05, 4.69) is 70.5 Å². The van der Waals surface area contributed by atoms with Gasteiger partial charge in [-0.25, -0.2) is 4.99 Å².